The molecule has 0 atom stereocenters. The summed E-state index contributed by atoms with van der Waals surface area (Å²) in [5.74, 6) is -3.89. The predicted octanol–water partition coefficient (Wildman–Crippen LogP) is 5.95. The molecule has 38 heavy (non-hydrogen) atoms. The molecule has 1 amide bonds. The number of carboxylic acids is 1. The highest BCUT2D eigenvalue weighted by molar-refractivity contribution is 6.42. The van der Waals surface area contributed by atoms with Crippen molar-refractivity contribution in [3.8, 4) is 5.75 Å². The fourth-order valence-corrected chi connectivity index (χ4v) is 5.25. The van der Waals surface area contributed by atoms with Gasteiger partial charge in [0.25, 0.3) is 0 Å². The van der Waals surface area contributed by atoms with E-state index in [9.17, 15) is 24.3 Å². The number of methoxy groups -OCH3 is 1. The molecule has 10 heteroatoms. The van der Waals surface area contributed by atoms with Gasteiger partial charge in [-0.3, -0.25) is 9.59 Å². The van der Waals surface area contributed by atoms with E-state index < -0.39 is 36.2 Å². The highest BCUT2D eigenvalue weighted by Crippen LogP contribution is 2.50. The van der Waals surface area contributed by atoms with Crippen molar-refractivity contribution in [1.29, 1.82) is 0 Å². The fraction of sp³-hybridized carbons (Fsp3) is 0.429. The maximum Gasteiger partial charge on any atom is 0.375 e. The van der Waals surface area contributed by atoms with Crippen LogP contribution >= 0.6 is 23.2 Å². The van der Waals surface area contributed by atoms with E-state index in [1.54, 1.807) is 18.2 Å². The molecule has 0 bridgehead atoms. The Morgan fingerprint density at radius 3 is 2.16 bits per heavy atom. The Hall–Kier alpha value is -3.10. The summed E-state index contributed by atoms with van der Waals surface area (Å²) in [6.45, 7) is 7.92. The number of rotatable bonds is 9. The van der Waals surface area contributed by atoms with Crippen molar-refractivity contribution >= 4 is 52.5 Å². The molecule has 1 aliphatic carbocycles. The summed E-state index contributed by atoms with van der Waals surface area (Å²) < 4.78 is 10.8. The minimum atomic E-state index is -1.20. The number of benzene rings is 2. The number of anilines is 1. The van der Waals surface area contributed by atoms with Crippen LogP contribution in [-0.2, 0) is 25.7 Å². The van der Waals surface area contributed by atoms with Crippen LogP contribution in [-0.4, -0.2) is 41.9 Å². The van der Waals surface area contributed by atoms with Gasteiger partial charge in [-0.05, 0) is 42.7 Å². The van der Waals surface area contributed by atoms with Crippen molar-refractivity contribution in [3.05, 3.63) is 57.6 Å². The highest BCUT2D eigenvalue weighted by Gasteiger charge is 2.50. The maximum absolute atomic E-state index is 13.4. The number of Topliss-reactive ketones (excluding diaryl/α,β-unsaturated/α-hetero) is 1. The molecule has 1 fully saturated rings. The third-order valence-electron chi connectivity index (χ3n) is 6.95. The fourth-order valence-electron chi connectivity index (χ4n) is 4.93. The van der Waals surface area contributed by atoms with E-state index in [0.717, 1.165) is 12.8 Å². The summed E-state index contributed by atoms with van der Waals surface area (Å²) >= 11 is 12.2. The quantitative estimate of drug-likeness (QED) is 0.228. The number of esters is 1. The molecule has 0 spiro atoms. The topological polar surface area (TPSA) is 110 Å². The first kappa shape index (κ1) is 29.5. The van der Waals surface area contributed by atoms with Crippen LogP contribution in [0, 0.1) is 10.8 Å². The number of hydrogen-bond acceptors (Lipinski definition) is 6. The van der Waals surface area contributed by atoms with Crippen LogP contribution in [0.25, 0.3) is 0 Å². The smallest absolute Gasteiger partial charge is 0.375 e. The molecule has 204 valence electrons. The summed E-state index contributed by atoms with van der Waals surface area (Å²) in [6.07, 6.45) is 0.478. The van der Waals surface area contributed by atoms with E-state index >= 15 is 0 Å². The molecule has 0 radical (unpaired) electrons. The number of aromatic carboxylic acids is 1. The average molecular weight is 564 g/mol. The van der Waals surface area contributed by atoms with Crippen LogP contribution in [0.2, 0.25) is 10.0 Å². The zero-order valence-electron chi connectivity index (χ0n) is 22.0. The summed E-state index contributed by atoms with van der Waals surface area (Å²) in [5, 5.41) is 10.0. The Morgan fingerprint density at radius 1 is 0.974 bits per heavy atom. The normalized spacial score (nSPS) is 16.1. The number of carbonyl (C=O) groups excluding carboxylic acids is 3. The third-order valence-corrected chi connectivity index (χ3v) is 7.69. The van der Waals surface area contributed by atoms with Gasteiger partial charge in [-0.1, -0.05) is 57.0 Å². The third kappa shape index (κ3) is 6.48. The Balaban J connectivity index is 1.88. The van der Waals surface area contributed by atoms with Gasteiger partial charge in [0.1, 0.15) is 17.4 Å². The molecule has 1 saturated carbocycles. The molecule has 0 aliphatic heterocycles. The van der Waals surface area contributed by atoms with Crippen LogP contribution in [0.3, 0.4) is 0 Å². The van der Waals surface area contributed by atoms with Crippen molar-refractivity contribution in [1.82, 2.24) is 0 Å². The Morgan fingerprint density at radius 2 is 1.61 bits per heavy atom. The van der Waals surface area contributed by atoms with E-state index in [1.807, 2.05) is 27.7 Å². The summed E-state index contributed by atoms with van der Waals surface area (Å²) in [7, 11) is 1.31. The van der Waals surface area contributed by atoms with Crippen molar-refractivity contribution in [2.24, 2.45) is 10.8 Å². The first-order chi connectivity index (χ1) is 17.7. The second-order valence-corrected chi connectivity index (χ2v) is 11.6. The number of carboxylic acid groups (broad SMARTS) is 1. The number of halogens is 2. The van der Waals surface area contributed by atoms with Crippen LogP contribution in [0.15, 0.2) is 36.4 Å². The lowest BCUT2D eigenvalue weighted by Crippen LogP contribution is -2.41. The van der Waals surface area contributed by atoms with E-state index in [4.69, 9.17) is 32.7 Å². The van der Waals surface area contributed by atoms with Crippen LogP contribution in [0.1, 0.15) is 62.9 Å². The molecule has 0 saturated heterocycles. The van der Waals surface area contributed by atoms with Crippen molar-refractivity contribution in [3.63, 3.8) is 0 Å². The number of nitrogens with zero attached hydrogens (tertiary/aromatic N) is 1. The summed E-state index contributed by atoms with van der Waals surface area (Å²) in [5.41, 5.74) is 0.165. The van der Waals surface area contributed by atoms with E-state index in [2.05, 4.69) is 0 Å². The first-order valence-electron chi connectivity index (χ1n) is 12.1. The van der Waals surface area contributed by atoms with E-state index in [0.29, 0.717) is 10.6 Å². The number of ether oxygens (including phenoxy) is 2. The molecule has 0 unspecified atom stereocenters. The van der Waals surface area contributed by atoms with Crippen molar-refractivity contribution in [2.45, 2.75) is 59.6 Å². The molecular weight excluding hydrogens is 533 g/mol. The average Bonchev–Trinajstić information content (AvgIpc) is 3.06. The summed E-state index contributed by atoms with van der Waals surface area (Å²) in [4.78, 5) is 51.8. The zero-order chi connectivity index (χ0) is 28.4. The van der Waals surface area contributed by atoms with Gasteiger partial charge in [0.05, 0.1) is 30.1 Å². The predicted molar refractivity (Wildman–Crippen MR) is 144 cm³/mol. The monoisotopic (exact) mass is 563 g/mol. The molecule has 2 aromatic rings. The van der Waals surface area contributed by atoms with Gasteiger partial charge in [0, 0.05) is 22.6 Å². The van der Waals surface area contributed by atoms with Crippen molar-refractivity contribution in [2.75, 3.05) is 12.0 Å². The van der Waals surface area contributed by atoms with Crippen LogP contribution in [0.4, 0.5) is 5.69 Å². The van der Waals surface area contributed by atoms with E-state index in [1.165, 1.54) is 30.2 Å². The molecule has 0 aromatic heterocycles. The van der Waals surface area contributed by atoms with Crippen LogP contribution < -0.4 is 9.64 Å². The summed E-state index contributed by atoms with van der Waals surface area (Å²) in [6, 6.07) is 8.92. The standard InChI is InChI=1S/C28H31Cl2NO7/c1-27(2)10-11-28(3,4)26(27)38-25(36)21(32)14-23(33)31(15-16-6-9-19(29)20(30)12-16)17-7-8-18(24(34)35)22(13-17)37-5/h6-9,12-13,26H,10-11,14-15H2,1-5H3,(H,34,35). The minimum absolute atomic E-state index is 0.0263. The van der Waals surface area contributed by atoms with Gasteiger partial charge >= 0.3 is 11.9 Å². The Kier molecular flexibility index (Phi) is 8.79. The molecular formula is C28H31Cl2NO7. The molecule has 3 rings (SSSR count). The lowest BCUT2D eigenvalue weighted by atomic mass is 9.81. The molecule has 2 aromatic carbocycles. The highest BCUT2D eigenvalue weighted by atomic mass is 35.5. The SMILES string of the molecule is COc1cc(N(Cc2ccc(Cl)c(Cl)c2)C(=O)CC(=O)C(=O)OC2C(C)(C)CCC2(C)C)ccc1C(=O)O. The lowest BCUT2D eigenvalue weighted by Gasteiger charge is -2.34. The maximum atomic E-state index is 13.4. The molecule has 1 N–H and O–H groups in total. The number of ketones is 1. The minimum Gasteiger partial charge on any atom is -0.496 e. The van der Waals surface area contributed by atoms with Gasteiger partial charge in [-0.2, -0.15) is 0 Å². The first-order valence-corrected chi connectivity index (χ1v) is 12.8. The second kappa shape index (κ2) is 11.3. The lowest BCUT2D eigenvalue weighted by molar-refractivity contribution is -0.166. The van der Waals surface area contributed by atoms with E-state index in [-0.39, 0.29) is 39.4 Å². The van der Waals surface area contributed by atoms with Gasteiger partial charge in [-0.15, -0.1) is 0 Å². The van der Waals surface area contributed by atoms with Gasteiger partial charge in [0.2, 0.25) is 11.7 Å². The van der Waals surface area contributed by atoms with Crippen molar-refractivity contribution < 1.29 is 33.8 Å². The zero-order valence-corrected chi connectivity index (χ0v) is 23.5. The molecule has 8 nitrogen and oxygen atoms in total. The Labute approximate surface area is 231 Å². The van der Waals surface area contributed by atoms with Gasteiger partial charge in [-0.25, -0.2) is 9.59 Å². The largest absolute Gasteiger partial charge is 0.496 e. The number of hydrogen-bond donors (Lipinski definition) is 1. The molecule has 1 aliphatic rings. The second-order valence-electron chi connectivity index (χ2n) is 10.8. The molecule has 0 heterocycles. The number of carbonyl (C=O) groups is 4. The van der Waals surface area contributed by atoms with Gasteiger partial charge < -0.3 is 19.5 Å². The number of amides is 1. The van der Waals surface area contributed by atoms with Gasteiger partial charge in [0.15, 0.2) is 0 Å². The Bertz CT molecular complexity index is 1260. The van der Waals surface area contributed by atoms with Crippen LogP contribution in [0.5, 0.6) is 5.75 Å².